The Hall–Kier alpha value is -2.24. The van der Waals surface area contributed by atoms with Crippen molar-refractivity contribution in [1.29, 1.82) is 0 Å². The Balaban J connectivity index is 1.94. The predicted octanol–water partition coefficient (Wildman–Crippen LogP) is 2.12. The molecule has 1 saturated heterocycles. The maximum atomic E-state index is 12.1. The van der Waals surface area contributed by atoms with Crippen LogP contribution in [0.4, 0.5) is 10.5 Å². The van der Waals surface area contributed by atoms with E-state index < -0.39 is 6.04 Å². The smallest absolute Gasteiger partial charge is 0.315 e. The Morgan fingerprint density at radius 2 is 1.79 bits per heavy atom. The second kappa shape index (κ2) is 8.04. The third-order valence-corrected chi connectivity index (χ3v) is 4.35. The van der Waals surface area contributed by atoms with E-state index in [0.717, 1.165) is 18.7 Å². The number of likely N-dealkylation sites (N-methyl/N-ethyl adjacent to an activating group) is 1. The van der Waals surface area contributed by atoms with Gasteiger partial charge in [0, 0.05) is 32.9 Å². The molecule has 24 heavy (non-hydrogen) atoms. The highest BCUT2D eigenvalue weighted by molar-refractivity contribution is 5.86. The summed E-state index contributed by atoms with van der Waals surface area (Å²) in [5.74, 6) is -0.131. The van der Waals surface area contributed by atoms with Crippen LogP contribution in [0.15, 0.2) is 24.3 Å². The molecule has 2 N–H and O–H groups in total. The summed E-state index contributed by atoms with van der Waals surface area (Å²) in [5, 5.41) is 5.58. The topological polar surface area (TPSA) is 64.7 Å². The van der Waals surface area contributed by atoms with E-state index in [1.807, 2.05) is 19.1 Å². The van der Waals surface area contributed by atoms with Crippen molar-refractivity contribution in [2.45, 2.75) is 38.8 Å². The number of urea groups is 1. The molecule has 0 spiro atoms. The first kappa shape index (κ1) is 18.1. The van der Waals surface area contributed by atoms with Gasteiger partial charge >= 0.3 is 6.03 Å². The fourth-order valence-electron chi connectivity index (χ4n) is 2.93. The van der Waals surface area contributed by atoms with Crippen molar-refractivity contribution in [3.63, 3.8) is 0 Å². The van der Waals surface area contributed by atoms with Crippen molar-refractivity contribution in [2.24, 2.45) is 0 Å². The predicted molar refractivity (Wildman–Crippen MR) is 96.1 cm³/mol. The number of hydrogen-bond donors (Lipinski definition) is 2. The van der Waals surface area contributed by atoms with E-state index in [1.165, 1.54) is 23.4 Å². The molecule has 0 unspecified atom stereocenters. The molecule has 1 aromatic carbocycles. The van der Waals surface area contributed by atoms with Crippen LogP contribution in [-0.2, 0) is 4.79 Å². The number of anilines is 1. The van der Waals surface area contributed by atoms with Gasteiger partial charge in [-0.05, 0) is 44.4 Å². The van der Waals surface area contributed by atoms with Gasteiger partial charge in [-0.25, -0.2) is 4.79 Å². The van der Waals surface area contributed by atoms with Gasteiger partial charge in [-0.3, -0.25) is 4.79 Å². The second-order valence-corrected chi connectivity index (χ2v) is 6.58. The van der Waals surface area contributed by atoms with Crippen LogP contribution in [0.3, 0.4) is 0 Å². The molecule has 1 aromatic rings. The van der Waals surface area contributed by atoms with E-state index in [0.29, 0.717) is 0 Å². The van der Waals surface area contributed by atoms with Gasteiger partial charge in [0.1, 0.15) is 6.04 Å². The lowest BCUT2D eigenvalue weighted by atomic mass is 10.1. The summed E-state index contributed by atoms with van der Waals surface area (Å²) < 4.78 is 0. The first-order valence-electron chi connectivity index (χ1n) is 8.51. The van der Waals surface area contributed by atoms with E-state index in [-0.39, 0.29) is 18.0 Å². The molecule has 0 aromatic heterocycles. The van der Waals surface area contributed by atoms with Crippen molar-refractivity contribution in [1.82, 2.24) is 15.5 Å². The summed E-state index contributed by atoms with van der Waals surface area (Å²) in [4.78, 5) is 27.7. The maximum Gasteiger partial charge on any atom is 0.315 e. The highest BCUT2D eigenvalue weighted by Gasteiger charge is 2.19. The molecule has 0 aliphatic carbocycles. The minimum atomic E-state index is -0.553. The van der Waals surface area contributed by atoms with Crippen molar-refractivity contribution >= 4 is 17.6 Å². The number of carbonyl (C=O) groups is 2. The van der Waals surface area contributed by atoms with Crippen molar-refractivity contribution in [3.8, 4) is 0 Å². The molecule has 132 valence electrons. The standard InChI is InChI=1S/C18H28N4O2/c1-13(19-18(24)20-14(2)17(23)21(3)4)15-8-7-9-16(12-15)22-10-5-6-11-22/h7-9,12-14H,5-6,10-11H2,1-4H3,(H2,19,20,24)/t13-,14+/m1/s1. The van der Waals surface area contributed by atoms with E-state index in [1.54, 1.807) is 21.0 Å². The highest BCUT2D eigenvalue weighted by atomic mass is 16.2. The van der Waals surface area contributed by atoms with E-state index in [4.69, 9.17) is 0 Å². The summed E-state index contributed by atoms with van der Waals surface area (Å²) in [5.41, 5.74) is 2.26. The van der Waals surface area contributed by atoms with Crippen LogP contribution in [0.5, 0.6) is 0 Å². The molecular weight excluding hydrogens is 304 g/mol. The van der Waals surface area contributed by atoms with Gasteiger partial charge in [0.05, 0.1) is 6.04 Å². The minimum Gasteiger partial charge on any atom is -0.372 e. The summed E-state index contributed by atoms with van der Waals surface area (Å²) in [6, 6.07) is 7.26. The Bertz CT molecular complexity index is 582. The van der Waals surface area contributed by atoms with Gasteiger partial charge in [-0.1, -0.05) is 12.1 Å². The first-order chi connectivity index (χ1) is 11.4. The zero-order chi connectivity index (χ0) is 17.7. The lowest BCUT2D eigenvalue weighted by Crippen LogP contribution is -2.48. The molecule has 0 bridgehead atoms. The van der Waals surface area contributed by atoms with E-state index in [9.17, 15) is 9.59 Å². The van der Waals surface area contributed by atoms with Crippen molar-refractivity contribution < 1.29 is 9.59 Å². The quantitative estimate of drug-likeness (QED) is 0.868. The number of hydrogen-bond acceptors (Lipinski definition) is 3. The SMILES string of the molecule is C[C@H](NC(=O)N[C@H](C)c1cccc(N2CCCC2)c1)C(=O)N(C)C. The van der Waals surface area contributed by atoms with Crippen LogP contribution in [0.2, 0.25) is 0 Å². The molecule has 1 heterocycles. The Morgan fingerprint density at radius 1 is 1.12 bits per heavy atom. The van der Waals surface area contributed by atoms with E-state index in [2.05, 4.69) is 27.7 Å². The van der Waals surface area contributed by atoms with Crippen molar-refractivity contribution in [2.75, 3.05) is 32.1 Å². The first-order valence-corrected chi connectivity index (χ1v) is 8.51. The average molecular weight is 332 g/mol. The summed E-state index contributed by atoms with van der Waals surface area (Å²) in [6.45, 7) is 5.81. The van der Waals surface area contributed by atoms with Gasteiger partial charge in [0.15, 0.2) is 0 Å². The van der Waals surface area contributed by atoms with Crippen LogP contribution in [0.1, 0.15) is 38.3 Å². The van der Waals surface area contributed by atoms with Gasteiger partial charge in [-0.2, -0.15) is 0 Å². The van der Waals surface area contributed by atoms with Gasteiger partial charge in [-0.15, -0.1) is 0 Å². The van der Waals surface area contributed by atoms with Gasteiger partial charge in [0.2, 0.25) is 5.91 Å². The minimum absolute atomic E-state index is 0.130. The molecule has 2 atom stereocenters. The lowest BCUT2D eigenvalue weighted by Gasteiger charge is -2.22. The molecule has 2 rings (SSSR count). The van der Waals surface area contributed by atoms with Crippen LogP contribution in [0, 0.1) is 0 Å². The normalized spacial score (nSPS) is 16.4. The summed E-state index contributed by atoms with van der Waals surface area (Å²) >= 11 is 0. The molecule has 6 nitrogen and oxygen atoms in total. The largest absolute Gasteiger partial charge is 0.372 e. The number of rotatable bonds is 5. The molecule has 0 radical (unpaired) electrons. The monoisotopic (exact) mass is 332 g/mol. The molecule has 1 aliphatic heterocycles. The Morgan fingerprint density at radius 3 is 2.42 bits per heavy atom. The molecule has 3 amide bonds. The number of amides is 3. The maximum absolute atomic E-state index is 12.1. The van der Waals surface area contributed by atoms with Gasteiger partial charge < -0.3 is 20.4 Å². The molecule has 0 saturated carbocycles. The molecular formula is C18H28N4O2. The number of nitrogens with one attached hydrogen (secondary N) is 2. The molecule has 6 heteroatoms. The Labute approximate surface area is 144 Å². The molecule has 1 fully saturated rings. The van der Waals surface area contributed by atoms with Crippen LogP contribution < -0.4 is 15.5 Å². The zero-order valence-electron chi connectivity index (χ0n) is 15.0. The van der Waals surface area contributed by atoms with E-state index >= 15 is 0 Å². The Kier molecular flexibility index (Phi) is 6.06. The lowest BCUT2D eigenvalue weighted by molar-refractivity contribution is -0.130. The summed E-state index contributed by atoms with van der Waals surface area (Å²) in [7, 11) is 3.34. The highest BCUT2D eigenvalue weighted by Crippen LogP contribution is 2.23. The average Bonchev–Trinajstić information content (AvgIpc) is 3.08. The second-order valence-electron chi connectivity index (χ2n) is 6.58. The fourth-order valence-corrected chi connectivity index (χ4v) is 2.93. The number of benzene rings is 1. The van der Waals surface area contributed by atoms with Crippen molar-refractivity contribution in [3.05, 3.63) is 29.8 Å². The van der Waals surface area contributed by atoms with Gasteiger partial charge in [0.25, 0.3) is 0 Å². The zero-order valence-corrected chi connectivity index (χ0v) is 15.0. The fraction of sp³-hybridized carbons (Fsp3) is 0.556. The molecule has 1 aliphatic rings. The third-order valence-electron chi connectivity index (χ3n) is 4.35. The van der Waals surface area contributed by atoms with Crippen LogP contribution in [-0.4, -0.2) is 50.1 Å². The van der Waals surface area contributed by atoms with Crippen LogP contribution in [0.25, 0.3) is 0 Å². The number of carbonyl (C=O) groups excluding carboxylic acids is 2. The number of nitrogens with zero attached hydrogens (tertiary/aromatic N) is 2. The third kappa shape index (κ3) is 4.63. The summed E-state index contributed by atoms with van der Waals surface area (Å²) in [6.07, 6.45) is 2.47. The van der Waals surface area contributed by atoms with Crippen LogP contribution >= 0.6 is 0 Å².